The topological polar surface area (TPSA) is 34.2 Å². The van der Waals surface area contributed by atoms with Gasteiger partial charge in [0.25, 0.3) is 0 Å². The summed E-state index contributed by atoms with van der Waals surface area (Å²) in [5.74, 6) is 0.723. The van der Waals surface area contributed by atoms with Crippen LogP contribution in [0.25, 0.3) is 0 Å². The Morgan fingerprint density at radius 3 is 2.88 bits per heavy atom. The zero-order chi connectivity index (χ0) is 11.8. The zero-order valence-corrected chi connectivity index (χ0v) is 10.5. The van der Waals surface area contributed by atoms with Gasteiger partial charge in [-0.25, -0.2) is 4.98 Å². The second-order valence-electron chi connectivity index (χ2n) is 3.95. The molecule has 0 spiro atoms. The molecule has 1 rings (SSSR count). The van der Waals surface area contributed by atoms with Crippen molar-refractivity contribution in [2.24, 2.45) is 0 Å². The van der Waals surface area contributed by atoms with E-state index >= 15 is 0 Å². The van der Waals surface area contributed by atoms with Crippen molar-refractivity contribution in [2.75, 3.05) is 7.11 Å². The second-order valence-corrected chi connectivity index (χ2v) is 3.95. The Morgan fingerprint density at radius 1 is 1.44 bits per heavy atom. The van der Waals surface area contributed by atoms with Gasteiger partial charge in [0.1, 0.15) is 0 Å². The van der Waals surface area contributed by atoms with Crippen LogP contribution >= 0.6 is 0 Å². The molecule has 16 heavy (non-hydrogen) atoms. The molecule has 0 bridgehead atoms. The van der Waals surface area contributed by atoms with Crippen molar-refractivity contribution in [1.29, 1.82) is 0 Å². The van der Waals surface area contributed by atoms with Crippen LogP contribution in [0, 0.1) is 0 Å². The molecule has 1 aromatic heterocycles. The SMILES string of the molecule is CCCC(CC)NCc1cccnc1OC. The van der Waals surface area contributed by atoms with Gasteiger partial charge in [-0.3, -0.25) is 0 Å². The van der Waals surface area contributed by atoms with Crippen LogP contribution in [0.15, 0.2) is 18.3 Å². The largest absolute Gasteiger partial charge is 0.481 e. The Balaban J connectivity index is 2.52. The average molecular weight is 222 g/mol. The minimum absolute atomic E-state index is 0.593. The van der Waals surface area contributed by atoms with E-state index in [4.69, 9.17) is 4.74 Å². The van der Waals surface area contributed by atoms with E-state index in [1.165, 1.54) is 12.8 Å². The molecular formula is C13H22N2O. The van der Waals surface area contributed by atoms with E-state index in [0.717, 1.165) is 24.4 Å². The number of methoxy groups -OCH3 is 1. The molecule has 0 aliphatic heterocycles. The quantitative estimate of drug-likeness (QED) is 0.770. The van der Waals surface area contributed by atoms with E-state index < -0.39 is 0 Å². The summed E-state index contributed by atoms with van der Waals surface area (Å²) in [5.41, 5.74) is 1.12. The summed E-state index contributed by atoms with van der Waals surface area (Å²) in [5, 5.41) is 3.54. The minimum Gasteiger partial charge on any atom is -0.481 e. The first-order valence-electron chi connectivity index (χ1n) is 6.03. The normalized spacial score (nSPS) is 12.4. The van der Waals surface area contributed by atoms with Gasteiger partial charge in [-0.15, -0.1) is 0 Å². The molecule has 1 unspecified atom stereocenters. The smallest absolute Gasteiger partial charge is 0.217 e. The summed E-state index contributed by atoms with van der Waals surface area (Å²) in [6, 6.07) is 4.59. The van der Waals surface area contributed by atoms with Crippen LogP contribution < -0.4 is 10.1 Å². The predicted octanol–water partition coefficient (Wildman–Crippen LogP) is 2.76. The molecule has 0 aliphatic carbocycles. The van der Waals surface area contributed by atoms with Gasteiger partial charge in [0.15, 0.2) is 0 Å². The number of nitrogens with zero attached hydrogens (tertiary/aromatic N) is 1. The van der Waals surface area contributed by atoms with Crippen LogP contribution in [0.2, 0.25) is 0 Å². The summed E-state index contributed by atoms with van der Waals surface area (Å²) < 4.78 is 5.22. The Morgan fingerprint density at radius 2 is 2.25 bits per heavy atom. The van der Waals surface area contributed by atoms with Crippen molar-refractivity contribution >= 4 is 0 Å². The molecule has 1 aromatic rings. The minimum atomic E-state index is 0.593. The fourth-order valence-corrected chi connectivity index (χ4v) is 1.80. The summed E-state index contributed by atoms with van der Waals surface area (Å²) >= 11 is 0. The molecule has 0 amide bonds. The van der Waals surface area contributed by atoms with Gasteiger partial charge in [0.05, 0.1) is 7.11 Å². The van der Waals surface area contributed by atoms with Crippen molar-refractivity contribution in [2.45, 2.75) is 45.7 Å². The highest BCUT2D eigenvalue weighted by Crippen LogP contribution is 2.13. The van der Waals surface area contributed by atoms with Crippen molar-refractivity contribution in [3.8, 4) is 5.88 Å². The lowest BCUT2D eigenvalue weighted by atomic mass is 10.1. The monoisotopic (exact) mass is 222 g/mol. The molecule has 1 N–H and O–H groups in total. The number of nitrogens with one attached hydrogen (secondary N) is 1. The number of hydrogen-bond donors (Lipinski definition) is 1. The second kappa shape index (κ2) is 7.23. The van der Waals surface area contributed by atoms with E-state index in [9.17, 15) is 0 Å². The molecule has 0 saturated carbocycles. The van der Waals surface area contributed by atoms with Crippen LogP contribution in [0.1, 0.15) is 38.7 Å². The fraction of sp³-hybridized carbons (Fsp3) is 0.615. The van der Waals surface area contributed by atoms with Gasteiger partial charge in [0.2, 0.25) is 5.88 Å². The van der Waals surface area contributed by atoms with Gasteiger partial charge in [-0.05, 0) is 18.9 Å². The van der Waals surface area contributed by atoms with Crippen molar-refractivity contribution in [3.05, 3.63) is 23.9 Å². The lowest BCUT2D eigenvalue weighted by molar-refractivity contribution is 0.385. The summed E-state index contributed by atoms with van der Waals surface area (Å²) in [6.07, 6.45) is 5.36. The van der Waals surface area contributed by atoms with Crippen LogP contribution in [0.4, 0.5) is 0 Å². The molecule has 3 nitrogen and oxygen atoms in total. The Bertz CT molecular complexity index is 302. The van der Waals surface area contributed by atoms with Crippen LogP contribution in [0.5, 0.6) is 5.88 Å². The molecule has 90 valence electrons. The standard InChI is InChI=1S/C13H22N2O/c1-4-7-12(5-2)15-10-11-8-6-9-14-13(11)16-3/h6,8-9,12,15H,4-5,7,10H2,1-3H3. The van der Waals surface area contributed by atoms with Crippen LogP contribution in [-0.4, -0.2) is 18.1 Å². The summed E-state index contributed by atoms with van der Waals surface area (Å²) in [7, 11) is 1.66. The molecule has 3 heteroatoms. The van der Waals surface area contributed by atoms with E-state index in [1.54, 1.807) is 13.3 Å². The maximum atomic E-state index is 5.22. The maximum Gasteiger partial charge on any atom is 0.217 e. The number of hydrogen-bond acceptors (Lipinski definition) is 3. The molecule has 0 fully saturated rings. The number of pyridine rings is 1. The van der Waals surface area contributed by atoms with E-state index in [2.05, 4.69) is 30.2 Å². The zero-order valence-electron chi connectivity index (χ0n) is 10.5. The van der Waals surface area contributed by atoms with Gasteiger partial charge in [-0.1, -0.05) is 26.3 Å². The summed E-state index contributed by atoms with van der Waals surface area (Å²) in [4.78, 5) is 4.18. The van der Waals surface area contributed by atoms with E-state index in [-0.39, 0.29) is 0 Å². The van der Waals surface area contributed by atoms with Crippen LogP contribution in [0.3, 0.4) is 0 Å². The van der Waals surface area contributed by atoms with E-state index in [0.29, 0.717) is 6.04 Å². The number of aromatic nitrogens is 1. The highest BCUT2D eigenvalue weighted by molar-refractivity contribution is 5.25. The third-order valence-electron chi connectivity index (χ3n) is 2.75. The Labute approximate surface area is 98.2 Å². The fourth-order valence-electron chi connectivity index (χ4n) is 1.80. The third-order valence-corrected chi connectivity index (χ3v) is 2.75. The number of ether oxygens (including phenoxy) is 1. The molecule has 0 radical (unpaired) electrons. The van der Waals surface area contributed by atoms with Gasteiger partial charge < -0.3 is 10.1 Å². The lowest BCUT2D eigenvalue weighted by Gasteiger charge is -2.16. The molecule has 0 aliphatic rings. The first-order valence-corrected chi connectivity index (χ1v) is 6.03. The highest BCUT2D eigenvalue weighted by atomic mass is 16.5. The van der Waals surface area contributed by atoms with E-state index in [1.807, 2.05) is 6.07 Å². The average Bonchev–Trinajstić information content (AvgIpc) is 2.34. The maximum absolute atomic E-state index is 5.22. The van der Waals surface area contributed by atoms with Gasteiger partial charge in [-0.2, -0.15) is 0 Å². The first kappa shape index (κ1) is 13.0. The third kappa shape index (κ3) is 3.81. The summed E-state index contributed by atoms with van der Waals surface area (Å²) in [6.45, 7) is 5.26. The predicted molar refractivity (Wildman–Crippen MR) is 66.6 cm³/mol. The molecular weight excluding hydrogens is 200 g/mol. The van der Waals surface area contributed by atoms with Gasteiger partial charge in [0, 0.05) is 24.3 Å². The highest BCUT2D eigenvalue weighted by Gasteiger charge is 2.07. The number of rotatable bonds is 7. The molecule has 0 saturated heterocycles. The Hall–Kier alpha value is -1.09. The molecule has 0 aromatic carbocycles. The van der Waals surface area contributed by atoms with Crippen LogP contribution in [-0.2, 0) is 6.54 Å². The van der Waals surface area contributed by atoms with Crippen molar-refractivity contribution in [3.63, 3.8) is 0 Å². The Kier molecular flexibility index (Phi) is 5.86. The van der Waals surface area contributed by atoms with Crippen molar-refractivity contribution in [1.82, 2.24) is 10.3 Å². The van der Waals surface area contributed by atoms with Gasteiger partial charge >= 0.3 is 0 Å². The van der Waals surface area contributed by atoms with Crippen molar-refractivity contribution < 1.29 is 4.74 Å². The lowest BCUT2D eigenvalue weighted by Crippen LogP contribution is -2.27. The molecule has 1 heterocycles. The molecule has 1 atom stereocenters. The first-order chi connectivity index (χ1) is 7.81.